The first-order valence-corrected chi connectivity index (χ1v) is 12.3. The maximum absolute atomic E-state index is 13.4. The largest absolute Gasteiger partial charge is 0.507 e. The predicted octanol–water partition coefficient (Wildman–Crippen LogP) is 5.44. The average molecular weight is 483 g/mol. The number of rotatable bonds is 4. The quantitative estimate of drug-likeness (QED) is 0.255. The van der Waals surface area contributed by atoms with E-state index in [1.807, 2.05) is 24.3 Å². The molecule has 5 aromatic carbocycles. The monoisotopic (exact) mass is 482 g/mol. The van der Waals surface area contributed by atoms with E-state index in [1.54, 1.807) is 30.3 Å². The number of hydrogen-bond donors (Lipinski definition) is 4. The Hall–Kier alpha value is -4.56. The summed E-state index contributed by atoms with van der Waals surface area (Å²) in [5, 5.41) is 26.5. The Morgan fingerprint density at radius 3 is 2.37 bits per heavy atom. The molecule has 6 rings (SSSR count). The van der Waals surface area contributed by atoms with E-state index >= 15 is 0 Å². The van der Waals surface area contributed by atoms with Gasteiger partial charge in [0, 0.05) is 38.8 Å². The fourth-order valence-corrected chi connectivity index (χ4v) is 5.90. The van der Waals surface area contributed by atoms with Crippen molar-refractivity contribution in [2.45, 2.75) is 4.90 Å². The summed E-state index contributed by atoms with van der Waals surface area (Å²) < 4.78 is 29.4. The molecule has 0 aromatic heterocycles. The van der Waals surface area contributed by atoms with E-state index < -0.39 is 10.0 Å². The highest BCUT2D eigenvalue weighted by Gasteiger charge is 2.26. The van der Waals surface area contributed by atoms with Crippen LogP contribution in [0.5, 0.6) is 11.5 Å². The fourth-order valence-electron chi connectivity index (χ4n) is 4.65. The Balaban J connectivity index is 1.47. The molecule has 1 aliphatic rings. The first kappa shape index (κ1) is 21.0. The van der Waals surface area contributed by atoms with E-state index in [-0.39, 0.29) is 33.6 Å². The van der Waals surface area contributed by atoms with Gasteiger partial charge in [-0.15, -0.1) is 0 Å². The van der Waals surface area contributed by atoms with Crippen LogP contribution in [0.2, 0.25) is 0 Å². The molecule has 0 spiro atoms. The molecule has 0 unspecified atom stereocenters. The van der Waals surface area contributed by atoms with E-state index in [4.69, 9.17) is 0 Å². The van der Waals surface area contributed by atoms with Gasteiger partial charge in [-0.05, 0) is 53.2 Å². The summed E-state index contributed by atoms with van der Waals surface area (Å²) in [6.07, 6.45) is 0. The summed E-state index contributed by atoms with van der Waals surface area (Å²) in [5.41, 5.74) is 1.89. The number of fused-ring (bicyclic) bond motifs is 1. The zero-order chi connectivity index (χ0) is 24.3. The molecule has 1 aliphatic heterocycles. The molecule has 0 fully saturated rings. The number of carbonyl (C=O) groups is 1. The van der Waals surface area contributed by atoms with Gasteiger partial charge < -0.3 is 15.5 Å². The van der Waals surface area contributed by atoms with E-state index in [0.717, 1.165) is 5.39 Å². The molecule has 0 radical (unpaired) electrons. The third kappa shape index (κ3) is 3.26. The van der Waals surface area contributed by atoms with E-state index in [9.17, 15) is 23.4 Å². The van der Waals surface area contributed by atoms with Crippen molar-refractivity contribution in [3.05, 3.63) is 90.5 Å². The number of phenols is 2. The number of hydrogen-bond acceptors (Lipinski definition) is 5. The van der Waals surface area contributed by atoms with Crippen molar-refractivity contribution in [1.82, 2.24) is 0 Å². The average Bonchev–Trinajstić information content (AvgIpc) is 3.17. The maximum atomic E-state index is 13.4. The van der Waals surface area contributed by atoms with Gasteiger partial charge in [-0.25, -0.2) is 8.42 Å². The minimum atomic E-state index is -4.06. The molecule has 7 nitrogen and oxygen atoms in total. The molecule has 1 heterocycles. The van der Waals surface area contributed by atoms with Crippen LogP contribution >= 0.6 is 0 Å². The molecule has 0 atom stereocenters. The zero-order valence-corrected chi connectivity index (χ0v) is 18.9. The van der Waals surface area contributed by atoms with Crippen molar-refractivity contribution >= 4 is 48.9 Å². The third-order valence-electron chi connectivity index (χ3n) is 6.21. The maximum Gasteiger partial charge on any atom is 0.262 e. The fraction of sp³-hybridized carbons (Fsp3) is 0. The number of carbonyl (C=O) groups excluding carboxylic acids is 1. The van der Waals surface area contributed by atoms with E-state index in [1.165, 1.54) is 30.3 Å². The molecule has 0 bridgehead atoms. The topological polar surface area (TPSA) is 116 Å². The first-order chi connectivity index (χ1) is 16.8. The number of sulfonamides is 1. The SMILES string of the molecule is O=C1Nc2ccc(S(=O)(=O)Nc3ccc(O)c(-c4c(O)ccc5ccccc45)c3)c3cccc1c23. The van der Waals surface area contributed by atoms with Crippen LogP contribution in [0.4, 0.5) is 11.4 Å². The predicted molar refractivity (Wildman–Crippen MR) is 135 cm³/mol. The number of anilines is 2. The smallest absolute Gasteiger partial charge is 0.262 e. The standard InChI is InChI=1S/C27H18N2O5S/c30-22-12-9-16(14-20(22)26-17-5-2-1-4-15(17)8-11-23(26)31)29-35(33,34)24-13-10-21-25-18(24)6-3-7-19(25)27(32)28-21/h1-14,29-31H,(H,28,32). The zero-order valence-electron chi connectivity index (χ0n) is 18.1. The summed E-state index contributed by atoms with van der Waals surface area (Å²) >= 11 is 0. The van der Waals surface area contributed by atoms with Gasteiger partial charge in [0.25, 0.3) is 15.9 Å². The summed E-state index contributed by atoms with van der Waals surface area (Å²) in [5.74, 6) is -0.413. The Labute approximate surface area is 200 Å². The highest BCUT2D eigenvalue weighted by molar-refractivity contribution is 7.93. The van der Waals surface area contributed by atoms with Crippen molar-refractivity contribution < 1.29 is 23.4 Å². The highest BCUT2D eigenvalue weighted by Crippen LogP contribution is 2.42. The van der Waals surface area contributed by atoms with Crippen LogP contribution < -0.4 is 10.0 Å². The van der Waals surface area contributed by atoms with Crippen molar-refractivity contribution in [2.75, 3.05) is 10.0 Å². The van der Waals surface area contributed by atoms with Crippen LogP contribution in [0, 0.1) is 0 Å². The number of phenolic OH excluding ortho intramolecular Hbond substituents is 2. The summed E-state index contributed by atoms with van der Waals surface area (Å²) in [4.78, 5) is 12.2. The van der Waals surface area contributed by atoms with E-state index in [2.05, 4.69) is 10.0 Å². The molecule has 4 N–H and O–H groups in total. The molecule has 0 aliphatic carbocycles. The Kier molecular flexibility index (Phi) is 4.49. The van der Waals surface area contributed by atoms with Gasteiger partial charge in [0.15, 0.2) is 0 Å². The Bertz CT molecular complexity index is 1810. The highest BCUT2D eigenvalue weighted by atomic mass is 32.2. The van der Waals surface area contributed by atoms with Gasteiger partial charge in [0.2, 0.25) is 0 Å². The lowest BCUT2D eigenvalue weighted by Gasteiger charge is -2.15. The van der Waals surface area contributed by atoms with Gasteiger partial charge >= 0.3 is 0 Å². The lowest BCUT2D eigenvalue weighted by Crippen LogP contribution is -2.13. The van der Waals surface area contributed by atoms with E-state index in [0.29, 0.717) is 33.0 Å². The minimum Gasteiger partial charge on any atom is -0.507 e. The molecule has 35 heavy (non-hydrogen) atoms. The number of amides is 1. The third-order valence-corrected chi connectivity index (χ3v) is 7.65. The van der Waals surface area contributed by atoms with Gasteiger partial charge in [0.05, 0.1) is 4.90 Å². The van der Waals surface area contributed by atoms with Gasteiger partial charge in [0.1, 0.15) is 11.5 Å². The molecule has 0 saturated heterocycles. The summed E-state index contributed by atoms with van der Waals surface area (Å²) in [6, 6.07) is 23.0. The molecule has 172 valence electrons. The molecule has 1 amide bonds. The molecule has 5 aromatic rings. The van der Waals surface area contributed by atoms with Gasteiger partial charge in [-0.2, -0.15) is 0 Å². The normalized spacial score (nSPS) is 12.7. The van der Waals surface area contributed by atoms with Crippen molar-refractivity contribution in [2.24, 2.45) is 0 Å². The van der Waals surface area contributed by atoms with Crippen LogP contribution in [0.3, 0.4) is 0 Å². The first-order valence-electron chi connectivity index (χ1n) is 10.8. The number of benzene rings is 5. The van der Waals surface area contributed by atoms with Crippen LogP contribution in [0.15, 0.2) is 89.8 Å². The minimum absolute atomic E-state index is 0.0252. The van der Waals surface area contributed by atoms with Crippen molar-refractivity contribution in [3.63, 3.8) is 0 Å². The van der Waals surface area contributed by atoms with Crippen LogP contribution in [-0.2, 0) is 10.0 Å². The molecular weight excluding hydrogens is 464 g/mol. The number of aromatic hydroxyl groups is 2. The molecule has 0 saturated carbocycles. The lowest BCUT2D eigenvalue weighted by atomic mass is 9.96. The van der Waals surface area contributed by atoms with Crippen molar-refractivity contribution in [3.8, 4) is 22.6 Å². The second-order valence-corrected chi connectivity index (χ2v) is 9.96. The van der Waals surface area contributed by atoms with Crippen LogP contribution in [0.1, 0.15) is 10.4 Å². The van der Waals surface area contributed by atoms with Crippen LogP contribution in [-0.4, -0.2) is 24.5 Å². The van der Waals surface area contributed by atoms with Crippen molar-refractivity contribution in [1.29, 1.82) is 0 Å². The Morgan fingerprint density at radius 2 is 1.51 bits per heavy atom. The summed E-state index contributed by atoms with van der Waals surface area (Å²) in [7, 11) is -4.06. The number of nitrogens with one attached hydrogen (secondary N) is 2. The van der Waals surface area contributed by atoms with Crippen LogP contribution in [0.25, 0.3) is 32.7 Å². The molecular formula is C27H18N2O5S. The van der Waals surface area contributed by atoms with Gasteiger partial charge in [-0.1, -0.05) is 42.5 Å². The Morgan fingerprint density at radius 1 is 0.743 bits per heavy atom. The molecule has 8 heteroatoms. The second kappa shape index (κ2) is 7.48. The summed E-state index contributed by atoms with van der Waals surface area (Å²) in [6.45, 7) is 0. The van der Waals surface area contributed by atoms with Gasteiger partial charge in [-0.3, -0.25) is 9.52 Å². The second-order valence-electron chi connectivity index (χ2n) is 8.31. The lowest BCUT2D eigenvalue weighted by molar-refractivity contribution is 0.103.